The largest absolute Gasteiger partial charge is 0.491 e. The molecule has 0 aliphatic carbocycles. The van der Waals surface area contributed by atoms with Crippen LogP contribution < -0.4 is 15.4 Å². The molecule has 0 amide bonds. The second kappa shape index (κ2) is 13.1. The Bertz CT molecular complexity index is 673. The highest BCUT2D eigenvalue weighted by molar-refractivity contribution is 7.07. The van der Waals surface area contributed by atoms with Crippen LogP contribution in [0.15, 0.2) is 46.1 Å². The predicted octanol–water partition coefficient (Wildman–Crippen LogP) is 4.15. The summed E-state index contributed by atoms with van der Waals surface area (Å²) in [5.41, 5.74) is 2.17. The van der Waals surface area contributed by atoms with Crippen LogP contribution in [0.2, 0.25) is 0 Å². The summed E-state index contributed by atoms with van der Waals surface area (Å²) in [7, 11) is 1.67. The minimum absolute atomic E-state index is 0.161. The minimum atomic E-state index is 0.161. The fourth-order valence-corrected chi connectivity index (χ4v) is 3.00. The molecule has 0 aliphatic heterocycles. The van der Waals surface area contributed by atoms with Gasteiger partial charge < -0.3 is 24.8 Å². The quantitative estimate of drug-likeness (QED) is 0.316. The Morgan fingerprint density at radius 1 is 1.11 bits per heavy atom. The third-order valence-electron chi connectivity index (χ3n) is 3.68. The fourth-order valence-electron chi connectivity index (χ4n) is 2.34. The van der Waals surface area contributed by atoms with E-state index in [-0.39, 0.29) is 6.10 Å². The van der Waals surface area contributed by atoms with Crippen molar-refractivity contribution in [2.24, 2.45) is 4.99 Å². The Balaban J connectivity index is 1.87. The Morgan fingerprint density at radius 3 is 2.61 bits per heavy atom. The van der Waals surface area contributed by atoms with Gasteiger partial charge in [0, 0.05) is 25.9 Å². The number of hydrogen-bond donors (Lipinski definition) is 2. The number of nitrogens with one attached hydrogen (secondary N) is 2. The van der Waals surface area contributed by atoms with Crippen molar-refractivity contribution in [3.05, 3.63) is 46.7 Å². The summed E-state index contributed by atoms with van der Waals surface area (Å²) in [4.78, 5) is 4.69. The molecule has 0 bridgehead atoms. The lowest BCUT2D eigenvalue weighted by atomic mass is 10.3. The van der Waals surface area contributed by atoms with Crippen LogP contribution in [0.3, 0.4) is 0 Å². The second-order valence-corrected chi connectivity index (χ2v) is 7.28. The third kappa shape index (κ3) is 9.21. The average Bonchev–Trinajstić information content (AvgIpc) is 3.20. The second-order valence-electron chi connectivity index (χ2n) is 6.50. The van der Waals surface area contributed by atoms with Crippen LogP contribution in [0.5, 0.6) is 5.75 Å². The summed E-state index contributed by atoms with van der Waals surface area (Å²) >= 11 is 1.68. The Kier molecular flexibility index (Phi) is 10.4. The van der Waals surface area contributed by atoms with Crippen molar-refractivity contribution in [1.29, 1.82) is 0 Å². The van der Waals surface area contributed by atoms with Crippen molar-refractivity contribution in [3.63, 3.8) is 0 Å². The Hall–Kier alpha value is -2.09. The summed E-state index contributed by atoms with van der Waals surface area (Å²) in [6.45, 7) is 7.39. The molecule has 0 radical (unpaired) electrons. The molecule has 0 saturated carbocycles. The molecule has 0 saturated heterocycles. The Labute approximate surface area is 171 Å². The van der Waals surface area contributed by atoms with Crippen molar-refractivity contribution in [2.45, 2.75) is 32.9 Å². The van der Waals surface area contributed by atoms with Crippen molar-refractivity contribution >= 4 is 23.0 Å². The lowest BCUT2D eigenvalue weighted by Crippen LogP contribution is -2.32. The van der Waals surface area contributed by atoms with E-state index in [9.17, 15) is 0 Å². The van der Waals surface area contributed by atoms with Crippen LogP contribution in [-0.4, -0.2) is 45.5 Å². The molecule has 2 rings (SSSR count). The highest BCUT2D eigenvalue weighted by Gasteiger charge is 2.03. The van der Waals surface area contributed by atoms with Crippen LogP contribution in [0.25, 0.3) is 0 Å². The molecule has 0 unspecified atom stereocenters. The topological polar surface area (TPSA) is 64.1 Å². The standard InChI is InChI=1S/C21H31N3O3S/c1-17(2)27-20-7-5-19(6-8-20)24-21(23-15-18-9-14-28-16-18)22-10-4-11-26-13-12-25-3/h5-9,14,16-17H,4,10-13,15H2,1-3H3,(H2,22,23,24). The molecule has 28 heavy (non-hydrogen) atoms. The normalized spacial score (nSPS) is 11.6. The van der Waals surface area contributed by atoms with E-state index in [1.54, 1.807) is 18.4 Å². The number of rotatable bonds is 12. The van der Waals surface area contributed by atoms with Gasteiger partial charge in [0.15, 0.2) is 5.96 Å². The lowest BCUT2D eigenvalue weighted by molar-refractivity contribution is 0.0699. The molecule has 0 spiro atoms. The minimum Gasteiger partial charge on any atom is -0.491 e. The van der Waals surface area contributed by atoms with Gasteiger partial charge in [-0.1, -0.05) is 0 Å². The smallest absolute Gasteiger partial charge is 0.196 e. The number of aliphatic imine (C=N–C) groups is 1. The molecule has 0 atom stereocenters. The van der Waals surface area contributed by atoms with Crippen LogP contribution in [0.4, 0.5) is 5.69 Å². The Morgan fingerprint density at radius 2 is 1.93 bits per heavy atom. The van der Waals surface area contributed by atoms with E-state index >= 15 is 0 Å². The maximum Gasteiger partial charge on any atom is 0.196 e. The number of anilines is 1. The molecule has 154 valence electrons. The monoisotopic (exact) mass is 405 g/mol. The van der Waals surface area contributed by atoms with Gasteiger partial charge in [-0.3, -0.25) is 0 Å². The number of guanidine groups is 1. The molecule has 2 N–H and O–H groups in total. The number of benzene rings is 1. The first-order valence-electron chi connectivity index (χ1n) is 9.57. The van der Waals surface area contributed by atoms with Gasteiger partial charge in [0.25, 0.3) is 0 Å². The number of thiophene rings is 1. The van der Waals surface area contributed by atoms with E-state index in [1.807, 2.05) is 38.1 Å². The summed E-state index contributed by atoms with van der Waals surface area (Å²) in [5, 5.41) is 10.9. The highest BCUT2D eigenvalue weighted by atomic mass is 32.1. The van der Waals surface area contributed by atoms with Gasteiger partial charge in [0.05, 0.1) is 25.9 Å². The predicted molar refractivity (Wildman–Crippen MR) is 117 cm³/mol. The van der Waals surface area contributed by atoms with E-state index in [0.29, 0.717) is 26.4 Å². The van der Waals surface area contributed by atoms with Gasteiger partial charge in [-0.25, -0.2) is 4.99 Å². The van der Waals surface area contributed by atoms with Gasteiger partial charge in [-0.2, -0.15) is 11.3 Å². The SMILES string of the molecule is COCCOCCCNC(=NCc1ccsc1)Nc1ccc(OC(C)C)cc1. The number of methoxy groups -OCH3 is 1. The van der Waals surface area contributed by atoms with E-state index < -0.39 is 0 Å². The van der Waals surface area contributed by atoms with Crippen molar-refractivity contribution in [1.82, 2.24) is 5.32 Å². The molecule has 7 heteroatoms. The fraction of sp³-hybridized carbons (Fsp3) is 0.476. The van der Waals surface area contributed by atoms with Crippen molar-refractivity contribution in [2.75, 3.05) is 38.8 Å². The van der Waals surface area contributed by atoms with Gasteiger partial charge in [0.1, 0.15) is 5.75 Å². The van der Waals surface area contributed by atoms with Crippen LogP contribution in [-0.2, 0) is 16.0 Å². The molecular formula is C21H31N3O3S. The van der Waals surface area contributed by atoms with Gasteiger partial charge in [-0.15, -0.1) is 0 Å². The summed E-state index contributed by atoms with van der Waals surface area (Å²) in [6, 6.07) is 10.00. The first-order valence-corrected chi connectivity index (χ1v) is 10.5. The molecule has 2 aromatic rings. The van der Waals surface area contributed by atoms with E-state index in [2.05, 4.69) is 32.5 Å². The zero-order valence-electron chi connectivity index (χ0n) is 16.9. The molecule has 1 aromatic carbocycles. The highest BCUT2D eigenvalue weighted by Crippen LogP contribution is 2.17. The van der Waals surface area contributed by atoms with Gasteiger partial charge in [0.2, 0.25) is 0 Å². The van der Waals surface area contributed by atoms with Gasteiger partial charge >= 0.3 is 0 Å². The van der Waals surface area contributed by atoms with Gasteiger partial charge in [-0.05, 0) is 66.9 Å². The lowest BCUT2D eigenvalue weighted by Gasteiger charge is -2.14. The first kappa shape index (κ1) is 22.2. The summed E-state index contributed by atoms with van der Waals surface area (Å²) in [6.07, 6.45) is 1.05. The van der Waals surface area contributed by atoms with Crippen molar-refractivity contribution < 1.29 is 14.2 Å². The summed E-state index contributed by atoms with van der Waals surface area (Å²) in [5.74, 6) is 1.61. The molecule has 1 aromatic heterocycles. The number of nitrogens with zero attached hydrogens (tertiary/aromatic N) is 1. The molecule has 1 heterocycles. The van der Waals surface area contributed by atoms with Crippen LogP contribution in [0.1, 0.15) is 25.8 Å². The number of hydrogen-bond acceptors (Lipinski definition) is 5. The van der Waals surface area contributed by atoms with Crippen molar-refractivity contribution in [3.8, 4) is 5.75 Å². The molecule has 0 fully saturated rings. The zero-order chi connectivity index (χ0) is 20.0. The first-order chi connectivity index (χ1) is 13.7. The third-order valence-corrected chi connectivity index (χ3v) is 4.41. The van der Waals surface area contributed by atoms with Crippen LogP contribution in [0, 0.1) is 0 Å². The van der Waals surface area contributed by atoms with Crippen LogP contribution >= 0.6 is 11.3 Å². The van der Waals surface area contributed by atoms with E-state index in [1.165, 1.54) is 5.56 Å². The molecule has 6 nitrogen and oxygen atoms in total. The average molecular weight is 406 g/mol. The maximum absolute atomic E-state index is 5.70. The summed E-state index contributed by atoms with van der Waals surface area (Å²) < 4.78 is 16.2. The maximum atomic E-state index is 5.70. The van der Waals surface area contributed by atoms with E-state index in [4.69, 9.17) is 14.2 Å². The van der Waals surface area contributed by atoms with E-state index in [0.717, 1.165) is 30.4 Å². The molecular weight excluding hydrogens is 374 g/mol. The number of ether oxygens (including phenoxy) is 3. The molecule has 0 aliphatic rings. The zero-order valence-corrected chi connectivity index (χ0v) is 17.8.